The number of hydrogen-bond donors (Lipinski definition) is 1. The van der Waals surface area contributed by atoms with Gasteiger partial charge in [0, 0.05) is 25.8 Å². The van der Waals surface area contributed by atoms with Crippen molar-refractivity contribution in [3.63, 3.8) is 0 Å². The second kappa shape index (κ2) is 8.99. The molecule has 2 unspecified atom stereocenters. The second-order valence-corrected chi connectivity index (χ2v) is 6.99. The summed E-state index contributed by atoms with van der Waals surface area (Å²) in [4.78, 5) is 38.3. The highest BCUT2D eigenvalue weighted by Crippen LogP contribution is 2.37. The zero-order valence-corrected chi connectivity index (χ0v) is 15.6. The Morgan fingerprint density at radius 1 is 1.07 bits per heavy atom. The number of nitrogens with one attached hydrogen (secondary N) is 1. The fourth-order valence-corrected chi connectivity index (χ4v) is 3.77. The Hall–Kier alpha value is -2.41. The summed E-state index contributed by atoms with van der Waals surface area (Å²) in [5.41, 5.74) is 0.645. The standard InChI is InChI=1S/C20H26N2O5/c1-26-12-13-27-15-8-6-14(7-9-15)21-18(23)10-11-22-19(24)16-4-2-3-5-17(16)20(22)25/h6-9,16-17H,2-5,10-13H2,1H3,(H,21,23). The third-order valence-electron chi connectivity index (χ3n) is 5.19. The van der Waals surface area contributed by atoms with Crippen LogP contribution in [0.3, 0.4) is 0 Å². The van der Waals surface area contributed by atoms with Crippen LogP contribution in [-0.2, 0) is 19.1 Å². The average molecular weight is 374 g/mol. The van der Waals surface area contributed by atoms with Gasteiger partial charge in [0.1, 0.15) is 12.4 Å². The molecule has 7 heteroatoms. The Bertz CT molecular complexity index is 664. The van der Waals surface area contributed by atoms with E-state index in [0.29, 0.717) is 24.7 Å². The van der Waals surface area contributed by atoms with Crippen LogP contribution in [0.5, 0.6) is 5.75 Å². The SMILES string of the molecule is COCCOc1ccc(NC(=O)CCN2C(=O)C3CCCCC3C2=O)cc1. The van der Waals surface area contributed by atoms with Gasteiger partial charge in [0.05, 0.1) is 18.4 Å². The van der Waals surface area contributed by atoms with Crippen LogP contribution in [-0.4, -0.2) is 49.5 Å². The summed E-state index contributed by atoms with van der Waals surface area (Å²) in [5.74, 6) is -0.0653. The van der Waals surface area contributed by atoms with Crippen LogP contribution in [0.25, 0.3) is 0 Å². The van der Waals surface area contributed by atoms with Crippen LogP contribution < -0.4 is 10.1 Å². The van der Waals surface area contributed by atoms with Gasteiger partial charge in [-0.15, -0.1) is 0 Å². The largest absolute Gasteiger partial charge is 0.491 e. The van der Waals surface area contributed by atoms with E-state index in [1.807, 2.05) is 0 Å². The quantitative estimate of drug-likeness (QED) is 0.557. The molecule has 1 aromatic carbocycles. The number of likely N-dealkylation sites (tertiary alicyclic amines) is 1. The first-order chi connectivity index (χ1) is 13.1. The minimum atomic E-state index is -0.224. The molecule has 7 nitrogen and oxygen atoms in total. The highest BCUT2D eigenvalue weighted by Gasteiger charge is 2.47. The number of anilines is 1. The molecule has 27 heavy (non-hydrogen) atoms. The van der Waals surface area contributed by atoms with Crippen LogP contribution in [0.2, 0.25) is 0 Å². The molecule has 3 rings (SSSR count). The highest BCUT2D eigenvalue weighted by atomic mass is 16.5. The van der Waals surface area contributed by atoms with Gasteiger partial charge in [-0.1, -0.05) is 12.8 Å². The summed E-state index contributed by atoms with van der Waals surface area (Å²) >= 11 is 0. The molecule has 1 aromatic rings. The van der Waals surface area contributed by atoms with Crippen molar-refractivity contribution >= 4 is 23.4 Å². The molecule has 0 aromatic heterocycles. The van der Waals surface area contributed by atoms with E-state index in [-0.39, 0.29) is 42.5 Å². The van der Waals surface area contributed by atoms with E-state index < -0.39 is 0 Å². The molecule has 1 saturated heterocycles. The minimum absolute atomic E-state index is 0.100. The van der Waals surface area contributed by atoms with Gasteiger partial charge in [-0.2, -0.15) is 0 Å². The molecular weight excluding hydrogens is 348 g/mol. The van der Waals surface area contributed by atoms with Crippen molar-refractivity contribution in [2.24, 2.45) is 11.8 Å². The molecule has 2 atom stereocenters. The zero-order valence-electron chi connectivity index (χ0n) is 15.6. The molecule has 3 amide bonds. The van der Waals surface area contributed by atoms with Crippen LogP contribution in [0.1, 0.15) is 32.1 Å². The smallest absolute Gasteiger partial charge is 0.233 e. The second-order valence-electron chi connectivity index (χ2n) is 6.99. The van der Waals surface area contributed by atoms with Crippen molar-refractivity contribution in [2.75, 3.05) is 32.2 Å². The number of methoxy groups -OCH3 is 1. The van der Waals surface area contributed by atoms with Crippen molar-refractivity contribution < 1.29 is 23.9 Å². The summed E-state index contributed by atoms with van der Waals surface area (Å²) in [6, 6.07) is 7.04. The maximum atomic E-state index is 12.4. The van der Waals surface area contributed by atoms with Crippen LogP contribution >= 0.6 is 0 Å². The predicted molar refractivity (Wildman–Crippen MR) is 99.2 cm³/mol. The lowest BCUT2D eigenvalue weighted by molar-refractivity contribution is -0.140. The third-order valence-corrected chi connectivity index (χ3v) is 5.19. The fraction of sp³-hybridized carbons (Fsp3) is 0.550. The van der Waals surface area contributed by atoms with Crippen molar-refractivity contribution in [3.8, 4) is 5.75 Å². The number of nitrogens with zero attached hydrogens (tertiary/aromatic N) is 1. The molecule has 2 aliphatic rings. The van der Waals surface area contributed by atoms with Crippen LogP contribution in [0, 0.1) is 11.8 Å². The van der Waals surface area contributed by atoms with Crippen LogP contribution in [0.15, 0.2) is 24.3 Å². The normalized spacial score (nSPS) is 21.9. The molecule has 1 aliphatic carbocycles. The molecule has 0 radical (unpaired) electrons. The first-order valence-corrected chi connectivity index (χ1v) is 9.47. The Balaban J connectivity index is 1.47. The lowest BCUT2D eigenvalue weighted by atomic mass is 9.81. The van der Waals surface area contributed by atoms with E-state index in [0.717, 1.165) is 25.7 Å². The number of carbonyl (C=O) groups excluding carboxylic acids is 3. The van der Waals surface area contributed by atoms with Crippen LogP contribution in [0.4, 0.5) is 5.69 Å². The van der Waals surface area contributed by atoms with E-state index in [1.54, 1.807) is 31.4 Å². The Labute approximate surface area is 159 Å². The fourth-order valence-electron chi connectivity index (χ4n) is 3.77. The molecule has 0 bridgehead atoms. The topological polar surface area (TPSA) is 84.9 Å². The average Bonchev–Trinajstić information content (AvgIpc) is 2.92. The van der Waals surface area contributed by atoms with Gasteiger partial charge in [-0.25, -0.2) is 0 Å². The van der Waals surface area contributed by atoms with Gasteiger partial charge in [-0.05, 0) is 37.1 Å². The number of benzene rings is 1. The monoisotopic (exact) mass is 374 g/mol. The van der Waals surface area contributed by atoms with Gasteiger partial charge in [0.25, 0.3) is 0 Å². The first kappa shape index (κ1) is 19.4. The lowest BCUT2D eigenvalue weighted by Crippen LogP contribution is -2.34. The molecular formula is C20H26N2O5. The van der Waals surface area contributed by atoms with Gasteiger partial charge >= 0.3 is 0 Å². The molecule has 1 heterocycles. The predicted octanol–water partition coefficient (Wildman–Crippen LogP) is 2.22. The van der Waals surface area contributed by atoms with Gasteiger partial charge in [0.2, 0.25) is 17.7 Å². The number of amides is 3. The number of imide groups is 1. The maximum Gasteiger partial charge on any atom is 0.233 e. The molecule has 1 aliphatic heterocycles. The number of hydrogen-bond acceptors (Lipinski definition) is 5. The molecule has 146 valence electrons. The number of rotatable bonds is 8. The maximum absolute atomic E-state index is 12.4. The molecule has 1 N–H and O–H groups in total. The Kier molecular flexibility index (Phi) is 6.45. The third kappa shape index (κ3) is 4.66. The molecule has 0 spiro atoms. The van der Waals surface area contributed by atoms with Gasteiger partial charge in [0.15, 0.2) is 0 Å². The minimum Gasteiger partial charge on any atom is -0.491 e. The number of fused-ring (bicyclic) bond motifs is 1. The first-order valence-electron chi connectivity index (χ1n) is 9.47. The van der Waals surface area contributed by atoms with E-state index in [1.165, 1.54) is 4.90 Å². The van der Waals surface area contributed by atoms with Crippen molar-refractivity contribution in [3.05, 3.63) is 24.3 Å². The van der Waals surface area contributed by atoms with Crippen molar-refractivity contribution in [1.29, 1.82) is 0 Å². The summed E-state index contributed by atoms with van der Waals surface area (Å²) < 4.78 is 10.4. The number of ether oxygens (including phenoxy) is 2. The Morgan fingerprint density at radius 3 is 2.30 bits per heavy atom. The summed E-state index contributed by atoms with van der Waals surface area (Å²) in [6.45, 7) is 1.12. The molecule has 2 fully saturated rings. The summed E-state index contributed by atoms with van der Waals surface area (Å²) in [5, 5.41) is 2.78. The lowest BCUT2D eigenvalue weighted by Gasteiger charge is -2.19. The zero-order chi connectivity index (χ0) is 19.2. The van der Waals surface area contributed by atoms with Crippen molar-refractivity contribution in [1.82, 2.24) is 4.90 Å². The molecule has 1 saturated carbocycles. The van der Waals surface area contributed by atoms with E-state index >= 15 is 0 Å². The van der Waals surface area contributed by atoms with Gasteiger partial charge < -0.3 is 14.8 Å². The van der Waals surface area contributed by atoms with Gasteiger partial charge in [-0.3, -0.25) is 19.3 Å². The van der Waals surface area contributed by atoms with E-state index in [4.69, 9.17) is 9.47 Å². The Morgan fingerprint density at radius 2 is 1.70 bits per heavy atom. The summed E-state index contributed by atoms with van der Waals surface area (Å²) in [6.07, 6.45) is 3.68. The number of carbonyl (C=O) groups is 3. The highest BCUT2D eigenvalue weighted by molar-refractivity contribution is 6.05. The summed E-state index contributed by atoms with van der Waals surface area (Å²) in [7, 11) is 1.61. The van der Waals surface area contributed by atoms with E-state index in [2.05, 4.69) is 5.32 Å². The van der Waals surface area contributed by atoms with Crippen molar-refractivity contribution in [2.45, 2.75) is 32.1 Å². The van der Waals surface area contributed by atoms with E-state index in [9.17, 15) is 14.4 Å².